The lowest BCUT2D eigenvalue weighted by Gasteiger charge is -2.33. The predicted molar refractivity (Wildman–Crippen MR) is 151 cm³/mol. The summed E-state index contributed by atoms with van der Waals surface area (Å²) < 4.78 is 1.64. The molecule has 0 spiro atoms. The van der Waals surface area contributed by atoms with E-state index in [1.54, 1.807) is 41.3 Å². The maximum absolute atomic E-state index is 13.0. The van der Waals surface area contributed by atoms with Gasteiger partial charge in [0.15, 0.2) is 0 Å². The molecule has 3 aromatic heterocycles. The number of rotatable bonds is 6. The first-order chi connectivity index (χ1) is 18.3. The van der Waals surface area contributed by atoms with E-state index in [0.29, 0.717) is 27.7 Å². The number of aryl methyl sites for hydroxylation is 1. The molecule has 0 bridgehead atoms. The fraction of sp³-hybridized carbons (Fsp3) is 0.250. The Kier molecular flexibility index (Phi) is 7.22. The molecule has 0 unspecified atom stereocenters. The van der Waals surface area contributed by atoms with E-state index in [0.717, 1.165) is 54.3 Å². The summed E-state index contributed by atoms with van der Waals surface area (Å²) in [5.74, 6) is -0.293. The van der Waals surface area contributed by atoms with Gasteiger partial charge in [0, 0.05) is 54.8 Å². The third kappa shape index (κ3) is 5.44. The molecule has 4 heterocycles. The van der Waals surface area contributed by atoms with Crippen molar-refractivity contribution in [2.45, 2.75) is 13.8 Å². The second kappa shape index (κ2) is 10.7. The number of aromatic nitrogens is 5. The van der Waals surface area contributed by atoms with Crippen LogP contribution in [0.2, 0.25) is 5.02 Å². The van der Waals surface area contributed by atoms with Gasteiger partial charge < -0.3 is 15.1 Å². The summed E-state index contributed by atoms with van der Waals surface area (Å²) in [6, 6.07) is 9.14. The minimum absolute atomic E-state index is 0.293. The van der Waals surface area contributed by atoms with E-state index < -0.39 is 0 Å². The molecule has 4 aromatic rings. The van der Waals surface area contributed by atoms with Crippen LogP contribution in [0.15, 0.2) is 61.7 Å². The van der Waals surface area contributed by atoms with Gasteiger partial charge in [0.1, 0.15) is 5.69 Å². The number of anilines is 2. The number of carbonyl (C=O) groups excluding carboxylic acids is 1. The molecule has 5 rings (SSSR count). The van der Waals surface area contributed by atoms with Crippen LogP contribution in [0.1, 0.15) is 28.5 Å². The first-order valence-electron chi connectivity index (χ1n) is 12.3. The van der Waals surface area contributed by atoms with Crippen LogP contribution in [0.5, 0.6) is 0 Å². The van der Waals surface area contributed by atoms with E-state index in [1.807, 2.05) is 26.2 Å². The Balaban J connectivity index is 1.37. The number of amides is 1. The summed E-state index contributed by atoms with van der Waals surface area (Å²) >= 11 is 6.24. The van der Waals surface area contributed by atoms with Crippen molar-refractivity contribution in [3.63, 3.8) is 0 Å². The Hall–Kier alpha value is -4.08. The number of carbonyl (C=O) groups is 1. The lowest BCUT2D eigenvalue weighted by molar-refractivity contribution is 0.102. The average molecular weight is 529 g/mol. The highest BCUT2D eigenvalue weighted by Gasteiger charge is 2.17. The van der Waals surface area contributed by atoms with Crippen LogP contribution in [0.3, 0.4) is 0 Å². The van der Waals surface area contributed by atoms with Crippen molar-refractivity contribution in [1.29, 1.82) is 0 Å². The molecule has 10 heteroatoms. The van der Waals surface area contributed by atoms with Crippen LogP contribution >= 0.6 is 11.6 Å². The first-order valence-corrected chi connectivity index (χ1v) is 12.7. The van der Waals surface area contributed by atoms with Crippen molar-refractivity contribution < 1.29 is 4.79 Å². The van der Waals surface area contributed by atoms with Crippen LogP contribution in [0.4, 0.5) is 11.4 Å². The quantitative estimate of drug-likeness (QED) is 0.387. The zero-order chi connectivity index (χ0) is 26.8. The van der Waals surface area contributed by atoms with Gasteiger partial charge in [-0.2, -0.15) is 0 Å². The van der Waals surface area contributed by atoms with Gasteiger partial charge in [-0.3, -0.25) is 14.8 Å². The molecule has 0 saturated carbocycles. The molecule has 1 saturated heterocycles. The number of hydrogen-bond donors (Lipinski definition) is 1. The van der Waals surface area contributed by atoms with Crippen molar-refractivity contribution in [2.24, 2.45) is 0 Å². The van der Waals surface area contributed by atoms with Crippen LogP contribution in [-0.2, 0) is 0 Å². The fourth-order valence-electron chi connectivity index (χ4n) is 4.33. The third-order valence-electron chi connectivity index (χ3n) is 6.63. The molecule has 1 amide bonds. The SMILES string of the molecule is C=C(C)c1cc(NC(=O)c2cnc(C)c(-n3cc(-c4cncc(N5CCN(C)CC5)c4)nn3)c2)ccc1Cl. The smallest absolute Gasteiger partial charge is 0.257 e. The third-order valence-corrected chi connectivity index (χ3v) is 6.96. The Morgan fingerprint density at radius 1 is 1.08 bits per heavy atom. The standard InChI is InChI=1S/C28H29ClN8O/c1-18(2)24-13-22(5-6-25(24)29)32-28(38)21-12-27(19(3)31-15-21)37-17-26(33-34-37)20-11-23(16-30-14-20)36-9-7-35(4)8-10-36/h5-6,11-17H,1,7-10H2,2-4H3,(H,32,38). The number of halogens is 1. The monoisotopic (exact) mass is 528 g/mol. The van der Waals surface area contributed by atoms with Crippen LogP contribution in [-0.4, -0.2) is 69.0 Å². The number of benzene rings is 1. The molecule has 1 aliphatic rings. The van der Waals surface area contributed by atoms with E-state index in [9.17, 15) is 4.79 Å². The second-order valence-electron chi connectivity index (χ2n) is 9.53. The first kappa shape index (κ1) is 25.6. The summed E-state index contributed by atoms with van der Waals surface area (Å²) in [7, 11) is 2.14. The Bertz CT molecular complexity index is 1510. The number of allylic oxidation sites excluding steroid dienone is 1. The van der Waals surface area contributed by atoms with Crippen molar-refractivity contribution in [3.05, 3.63) is 83.5 Å². The van der Waals surface area contributed by atoms with Crippen LogP contribution < -0.4 is 10.2 Å². The van der Waals surface area contributed by atoms with Crippen LogP contribution in [0.25, 0.3) is 22.5 Å². The van der Waals surface area contributed by atoms with E-state index in [2.05, 4.69) is 55.1 Å². The zero-order valence-corrected chi connectivity index (χ0v) is 22.4. The normalized spacial score (nSPS) is 13.9. The molecule has 38 heavy (non-hydrogen) atoms. The Labute approximate surface area is 226 Å². The van der Waals surface area contributed by atoms with Crippen LogP contribution in [0, 0.1) is 6.92 Å². The predicted octanol–water partition coefficient (Wildman–Crippen LogP) is 4.72. The van der Waals surface area contributed by atoms with Gasteiger partial charge in [0.25, 0.3) is 5.91 Å². The molecule has 9 nitrogen and oxygen atoms in total. The molecule has 0 radical (unpaired) electrons. The van der Waals surface area contributed by atoms with E-state index in [4.69, 9.17) is 11.6 Å². The molecule has 0 atom stereocenters. The lowest BCUT2D eigenvalue weighted by atomic mass is 10.1. The molecule has 1 aromatic carbocycles. The number of nitrogens with zero attached hydrogens (tertiary/aromatic N) is 7. The number of pyridine rings is 2. The van der Waals surface area contributed by atoms with Gasteiger partial charge >= 0.3 is 0 Å². The van der Waals surface area contributed by atoms with Gasteiger partial charge in [0.05, 0.1) is 35.0 Å². The highest BCUT2D eigenvalue weighted by atomic mass is 35.5. The maximum atomic E-state index is 13.0. The number of nitrogens with one attached hydrogen (secondary N) is 1. The maximum Gasteiger partial charge on any atom is 0.257 e. The summed E-state index contributed by atoms with van der Waals surface area (Å²) in [4.78, 5) is 26.6. The summed E-state index contributed by atoms with van der Waals surface area (Å²) in [5, 5.41) is 12.2. The lowest BCUT2D eigenvalue weighted by Crippen LogP contribution is -2.44. The molecule has 0 aliphatic carbocycles. The minimum Gasteiger partial charge on any atom is -0.368 e. The Morgan fingerprint density at radius 3 is 2.63 bits per heavy atom. The number of likely N-dealkylation sites (N-methyl/N-ethyl adjacent to an activating group) is 1. The molecule has 194 valence electrons. The molecule has 1 aliphatic heterocycles. The average Bonchev–Trinajstić information content (AvgIpc) is 3.40. The van der Waals surface area contributed by atoms with Crippen molar-refractivity contribution in [3.8, 4) is 16.9 Å². The van der Waals surface area contributed by atoms with E-state index in [-0.39, 0.29) is 5.91 Å². The van der Waals surface area contributed by atoms with Crippen molar-refractivity contribution >= 4 is 34.5 Å². The van der Waals surface area contributed by atoms with Crippen molar-refractivity contribution in [1.82, 2.24) is 29.9 Å². The van der Waals surface area contributed by atoms with E-state index in [1.165, 1.54) is 0 Å². The van der Waals surface area contributed by atoms with Gasteiger partial charge in [-0.1, -0.05) is 23.4 Å². The van der Waals surface area contributed by atoms with Gasteiger partial charge in [-0.05, 0) is 62.4 Å². The zero-order valence-electron chi connectivity index (χ0n) is 21.6. The van der Waals surface area contributed by atoms with Gasteiger partial charge in [-0.15, -0.1) is 5.10 Å². The summed E-state index contributed by atoms with van der Waals surface area (Å²) in [6.45, 7) is 11.6. The molecule has 1 N–H and O–H groups in total. The van der Waals surface area contributed by atoms with Crippen molar-refractivity contribution in [2.75, 3.05) is 43.4 Å². The van der Waals surface area contributed by atoms with Gasteiger partial charge in [-0.25, -0.2) is 4.68 Å². The topological polar surface area (TPSA) is 92.1 Å². The highest BCUT2D eigenvalue weighted by Crippen LogP contribution is 2.27. The summed E-state index contributed by atoms with van der Waals surface area (Å²) in [6.07, 6.45) is 7.05. The number of hydrogen-bond acceptors (Lipinski definition) is 7. The molecule has 1 fully saturated rings. The highest BCUT2D eigenvalue weighted by molar-refractivity contribution is 6.32. The fourth-order valence-corrected chi connectivity index (χ4v) is 4.61. The van der Waals surface area contributed by atoms with Gasteiger partial charge in [0.2, 0.25) is 0 Å². The second-order valence-corrected chi connectivity index (χ2v) is 9.94. The number of piperazine rings is 1. The summed E-state index contributed by atoms with van der Waals surface area (Å²) in [5.41, 5.74) is 6.64. The van der Waals surface area contributed by atoms with E-state index >= 15 is 0 Å². The molecular weight excluding hydrogens is 500 g/mol. The largest absolute Gasteiger partial charge is 0.368 e. The minimum atomic E-state index is -0.293. The Morgan fingerprint density at radius 2 is 1.87 bits per heavy atom. The molecular formula is C28H29ClN8O.